The van der Waals surface area contributed by atoms with E-state index >= 15 is 0 Å². The van der Waals surface area contributed by atoms with Gasteiger partial charge in [-0.1, -0.05) is 60.2 Å². The Labute approximate surface area is 211 Å². The minimum atomic E-state index is -1.26. The maximum absolute atomic E-state index is 10.7. The summed E-state index contributed by atoms with van der Waals surface area (Å²) in [4.78, 5) is 34.4. The standard InChI is InChI=1S/C23H30N2O3.C4H4O4/c1-19-7-9-21(10-8-19)23(20-5-3-2-4-6-20)28-18-17-25-15-13-24(14-16-25)12-11-22(26)27;5-3(6)1-2-4(7)8/h2-10,23H,11-18H2,1H3,(H,26,27);1-2H,(H,5,6)(H,7,8)/b;2-1-. The molecule has 0 aliphatic carbocycles. The maximum Gasteiger partial charge on any atom is 0.328 e. The van der Waals surface area contributed by atoms with E-state index in [0.717, 1.165) is 32.7 Å². The number of nitrogens with zero attached hydrogens (tertiary/aromatic N) is 2. The summed E-state index contributed by atoms with van der Waals surface area (Å²) < 4.78 is 6.33. The number of hydrogen-bond donors (Lipinski definition) is 3. The van der Waals surface area contributed by atoms with Gasteiger partial charge in [-0.2, -0.15) is 0 Å². The van der Waals surface area contributed by atoms with Crippen LogP contribution in [-0.2, 0) is 19.1 Å². The van der Waals surface area contributed by atoms with Gasteiger partial charge in [0.2, 0.25) is 0 Å². The van der Waals surface area contributed by atoms with Gasteiger partial charge in [0.05, 0.1) is 13.0 Å². The first-order chi connectivity index (χ1) is 17.2. The van der Waals surface area contributed by atoms with Crippen LogP contribution in [0.3, 0.4) is 0 Å². The first-order valence-electron chi connectivity index (χ1n) is 11.8. The van der Waals surface area contributed by atoms with Gasteiger partial charge in [-0.25, -0.2) is 9.59 Å². The number of aryl methyl sites for hydroxylation is 1. The van der Waals surface area contributed by atoms with Gasteiger partial charge >= 0.3 is 17.9 Å². The van der Waals surface area contributed by atoms with Crippen LogP contribution in [0.1, 0.15) is 29.2 Å². The summed E-state index contributed by atoms with van der Waals surface area (Å²) in [6.45, 7) is 8.07. The topological polar surface area (TPSA) is 128 Å². The molecule has 3 rings (SSSR count). The number of carbonyl (C=O) groups is 3. The molecule has 0 saturated carbocycles. The highest BCUT2D eigenvalue weighted by Gasteiger charge is 2.19. The fourth-order valence-electron chi connectivity index (χ4n) is 3.69. The van der Waals surface area contributed by atoms with E-state index in [1.54, 1.807) is 0 Å². The van der Waals surface area contributed by atoms with Crippen LogP contribution in [0.25, 0.3) is 0 Å². The smallest absolute Gasteiger partial charge is 0.328 e. The van der Waals surface area contributed by atoms with Gasteiger partial charge in [-0.3, -0.25) is 9.69 Å². The van der Waals surface area contributed by atoms with Crippen molar-refractivity contribution in [2.45, 2.75) is 19.4 Å². The number of piperazine rings is 1. The van der Waals surface area contributed by atoms with Crippen LogP contribution in [-0.4, -0.2) is 88.9 Å². The maximum atomic E-state index is 10.7. The molecule has 0 aromatic heterocycles. The third kappa shape index (κ3) is 11.3. The predicted molar refractivity (Wildman–Crippen MR) is 135 cm³/mol. The molecule has 1 saturated heterocycles. The average Bonchev–Trinajstić information content (AvgIpc) is 2.86. The third-order valence-electron chi connectivity index (χ3n) is 5.65. The van der Waals surface area contributed by atoms with E-state index in [0.29, 0.717) is 25.3 Å². The fourth-order valence-corrected chi connectivity index (χ4v) is 3.69. The molecule has 9 nitrogen and oxygen atoms in total. The Morgan fingerprint density at radius 1 is 0.806 bits per heavy atom. The number of hydrogen-bond acceptors (Lipinski definition) is 6. The Balaban J connectivity index is 0.000000493. The van der Waals surface area contributed by atoms with E-state index in [4.69, 9.17) is 20.1 Å². The number of carboxylic acids is 3. The summed E-state index contributed by atoms with van der Waals surface area (Å²) in [5, 5.41) is 24.4. The van der Waals surface area contributed by atoms with Gasteiger partial charge in [0.1, 0.15) is 6.10 Å². The molecule has 194 valence electrons. The minimum Gasteiger partial charge on any atom is -0.481 e. The molecule has 0 amide bonds. The van der Waals surface area contributed by atoms with E-state index in [1.165, 1.54) is 16.7 Å². The van der Waals surface area contributed by atoms with Crippen molar-refractivity contribution >= 4 is 17.9 Å². The molecule has 0 radical (unpaired) electrons. The van der Waals surface area contributed by atoms with Crippen molar-refractivity contribution in [3.63, 3.8) is 0 Å². The summed E-state index contributed by atoms with van der Waals surface area (Å²) in [5.74, 6) is -3.24. The number of ether oxygens (including phenoxy) is 1. The Bertz CT molecular complexity index is 969. The van der Waals surface area contributed by atoms with Crippen molar-refractivity contribution in [1.82, 2.24) is 9.80 Å². The van der Waals surface area contributed by atoms with Crippen molar-refractivity contribution in [3.8, 4) is 0 Å². The fraction of sp³-hybridized carbons (Fsp3) is 0.370. The van der Waals surface area contributed by atoms with Crippen molar-refractivity contribution in [3.05, 3.63) is 83.4 Å². The second-order valence-electron chi connectivity index (χ2n) is 8.41. The Morgan fingerprint density at radius 3 is 1.81 bits per heavy atom. The van der Waals surface area contributed by atoms with Crippen LogP contribution in [0.4, 0.5) is 0 Å². The van der Waals surface area contributed by atoms with Crippen molar-refractivity contribution in [2.75, 3.05) is 45.9 Å². The number of aliphatic carboxylic acids is 3. The molecule has 1 unspecified atom stereocenters. The lowest BCUT2D eigenvalue weighted by atomic mass is 10.0. The first-order valence-corrected chi connectivity index (χ1v) is 11.8. The zero-order valence-corrected chi connectivity index (χ0v) is 20.5. The minimum absolute atomic E-state index is 0.0568. The molecular weight excluding hydrogens is 464 g/mol. The largest absolute Gasteiger partial charge is 0.481 e. The summed E-state index contributed by atoms with van der Waals surface area (Å²) in [7, 11) is 0. The van der Waals surface area contributed by atoms with E-state index in [2.05, 4.69) is 65.3 Å². The lowest BCUT2D eigenvalue weighted by Gasteiger charge is -2.34. The lowest BCUT2D eigenvalue weighted by molar-refractivity contribution is -0.137. The predicted octanol–water partition coefficient (Wildman–Crippen LogP) is 2.91. The molecule has 9 heteroatoms. The molecule has 3 N–H and O–H groups in total. The van der Waals surface area contributed by atoms with Gasteiger partial charge in [0.25, 0.3) is 0 Å². The second kappa shape index (κ2) is 15.5. The molecule has 1 aliphatic heterocycles. The van der Waals surface area contributed by atoms with Crippen molar-refractivity contribution in [2.24, 2.45) is 0 Å². The van der Waals surface area contributed by atoms with Crippen LogP contribution in [0.2, 0.25) is 0 Å². The number of carboxylic acid groups (broad SMARTS) is 3. The molecule has 1 fully saturated rings. The zero-order valence-electron chi connectivity index (χ0n) is 20.5. The Kier molecular flexibility index (Phi) is 12.3. The number of rotatable bonds is 11. The highest BCUT2D eigenvalue weighted by molar-refractivity contribution is 5.89. The quantitative estimate of drug-likeness (QED) is 0.401. The van der Waals surface area contributed by atoms with E-state index in [-0.39, 0.29) is 12.5 Å². The summed E-state index contributed by atoms with van der Waals surface area (Å²) >= 11 is 0. The number of benzene rings is 2. The van der Waals surface area contributed by atoms with E-state index in [1.807, 2.05) is 6.07 Å². The van der Waals surface area contributed by atoms with Gasteiger partial charge in [0.15, 0.2) is 0 Å². The first kappa shape index (κ1) is 28.7. The molecule has 36 heavy (non-hydrogen) atoms. The third-order valence-corrected chi connectivity index (χ3v) is 5.65. The SMILES string of the molecule is Cc1ccc(C(OCCN2CCN(CCC(=O)O)CC2)c2ccccc2)cc1.O=C(O)/C=C\C(=O)O. The van der Waals surface area contributed by atoms with E-state index < -0.39 is 17.9 Å². The average molecular weight is 499 g/mol. The van der Waals surface area contributed by atoms with Crippen LogP contribution >= 0.6 is 0 Å². The highest BCUT2D eigenvalue weighted by Crippen LogP contribution is 2.26. The normalized spacial score (nSPS) is 15.1. The molecule has 0 spiro atoms. The van der Waals surface area contributed by atoms with Gasteiger partial charge in [-0.05, 0) is 18.1 Å². The van der Waals surface area contributed by atoms with Crippen LogP contribution in [0, 0.1) is 6.92 Å². The molecule has 2 aromatic carbocycles. The Hall–Kier alpha value is -3.53. The monoisotopic (exact) mass is 498 g/mol. The highest BCUT2D eigenvalue weighted by atomic mass is 16.5. The summed E-state index contributed by atoms with van der Waals surface area (Å²) in [6, 6.07) is 18.9. The lowest BCUT2D eigenvalue weighted by Crippen LogP contribution is -2.47. The van der Waals surface area contributed by atoms with Crippen molar-refractivity contribution < 1.29 is 34.4 Å². The van der Waals surface area contributed by atoms with E-state index in [9.17, 15) is 14.4 Å². The molecule has 1 heterocycles. The van der Waals surface area contributed by atoms with Gasteiger partial charge in [-0.15, -0.1) is 0 Å². The molecular formula is C27H34N2O7. The molecule has 2 aromatic rings. The van der Waals surface area contributed by atoms with Crippen molar-refractivity contribution in [1.29, 1.82) is 0 Å². The Morgan fingerprint density at radius 2 is 1.31 bits per heavy atom. The molecule has 1 aliphatic rings. The summed E-state index contributed by atoms with van der Waals surface area (Å²) in [6.07, 6.45) is 1.28. The molecule has 1 atom stereocenters. The van der Waals surface area contributed by atoms with Crippen LogP contribution < -0.4 is 0 Å². The zero-order chi connectivity index (χ0) is 26.3. The molecule has 0 bridgehead atoms. The second-order valence-corrected chi connectivity index (χ2v) is 8.41. The van der Waals surface area contributed by atoms with Gasteiger partial charge in [0, 0.05) is 51.4 Å². The van der Waals surface area contributed by atoms with Crippen LogP contribution in [0.15, 0.2) is 66.7 Å². The summed E-state index contributed by atoms with van der Waals surface area (Å²) in [5.41, 5.74) is 3.59. The van der Waals surface area contributed by atoms with Gasteiger partial charge < -0.3 is 25.0 Å². The van der Waals surface area contributed by atoms with Crippen LogP contribution in [0.5, 0.6) is 0 Å².